The molecule has 0 bridgehead atoms. The fraction of sp³-hybridized carbons (Fsp3) is 0.409. The van der Waals surface area contributed by atoms with Crippen LogP contribution < -0.4 is 10.6 Å². The van der Waals surface area contributed by atoms with Gasteiger partial charge in [-0.25, -0.2) is 4.79 Å². The topological polar surface area (TPSA) is 87.0 Å². The highest BCUT2D eigenvalue weighted by Gasteiger charge is 2.19. The molecule has 0 unspecified atom stereocenters. The van der Waals surface area contributed by atoms with Gasteiger partial charge in [-0.1, -0.05) is 24.3 Å². The highest BCUT2D eigenvalue weighted by molar-refractivity contribution is 5.68. The number of hydrogen-bond acceptors (Lipinski definition) is 5. The van der Waals surface area contributed by atoms with Gasteiger partial charge in [0.25, 0.3) is 0 Å². The summed E-state index contributed by atoms with van der Waals surface area (Å²) in [5, 5.41) is 15.3. The molecule has 1 amide bonds. The third kappa shape index (κ3) is 5.23. The van der Waals surface area contributed by atoms with Crippen molar-refractivity contribution < 1.29 is 9.53 Å². The molecule has 1 aliphatic heterocycles. The van der Waals surface area contributed by atoms with Crippen LogP contribution in [0.5, 0.6) is 0 Å². The van der Waals surface area contributed by atoms with Crippen LogP contribution in [0.4, 0.5) is 10.5 Å². The van der Waals surface area contributed by atoms with E-state index in [4.69, 9.17) is 9.72 Å². The van der Waals surface area contributed by atoms with Crippen molar-refractivity contribution in [3.63, 3.8) is 0 Å². The number of alkyl carbamates (subject to hydrolysis) is 1. The minimum atomic E-state index is -0.645. The molecular weight excluding hydrogens is 352 g/mol. The van der Waals surface area contributed by atoms with Crippen LogP contribution in [-0.2, 0) is 17.6 Å². The van der Waals surface area contributed by atoms with E-state index in [1.165, 1.54) is 0 Å². The first-order valence-electron chi connectivity index (χ1n) is 9.56. The van der Waals surface area contributed by atoms with Crippen LogP contribution in [0.3, 0.4) is 0 Å². The summed E-state index contributed by atoms with van der Waals surface area (Å²) in [6, 6.07) is 13.5. The molecule has 0 fully saturated rings. The molecule has 6 nitrogen and oxygen atoms in total. The average Bonchev–Trinajstić information content (AvgIpc) is 2.66. The highest BCUT2D eigenvalue weighted by atomic mass is 16.6. The van der Waals surface area contributed by atoms with Gasteiger partial charge < -0.3 is 15.4 Å². The molecule has 0 aliphatic carbocycles. The summed E-state index contributed by atoms with van der Waals surface area (Å²) in [5.74, 6) is 0. The quantitative estimate of drug-likeness (QED) is 0.837. The summed E-state index contributed by atoms with van der Waals surface area (Å²) < 4.78 is 5.22. The van der Waals surface area contributed by atoms with Crippen LogP contribution in [0.15, 0.2) is 36.4 Å². The number of rotatable bonds is 4. The number of nitrogens with zero attached hydrogens (tertiary/aromatic N) is 2. The van der Waals surface area contributed by atoms with E-state index in [0.717, 1.165) is 47.6 Å². The Hall–Kier alpha value is -3.07. The molecule has 1 aromatic carbocycles. The molecular formula is C22H26N4O2. The second kappa shape index (κ2) is 8.30. The number of hydrogen-bond donors (Lipinski definition) is 2. The normalized spacial score (nSPS) is 14.2. The van der Waals surface area contributed by atoms with E-state index >= 15 is 0 Å². The van der Waals surface area contributed by atoms with E-state index in [2.05, 4.69) is 22.8 Å². The number of nitriles is 1. The van der Waals surface area contributed by atoms with Gasteiger partial charge in [-0.3, -0.25) is 4.98 Å². The summed E-state index contributed by atoms with van der Waals surface area (Å²) in [4.78, 5) is 16.7. The predicted molar refractivity (Wildman–Crippen MR) is 109 cm³/mol. The maximum Gasteiger partial charge on any atom is 0.408 e. The zero-order valence-electron chi connectivity index (χ0n) is 16.6. The minimum Gasteiger partial charge on any atom is -0.444 e. The SMILES string of the molecule is CC(C)(C)OC(=O)N[C@H](C#N)Cc1ccc(-c2ccc3c(n2)CCCN3)cc1. The van der Waals surface area contributed by atoms with Gasteiger partial charge in [0.1, 0.15) is 11.6 Å². The highest BCUT2D eigenvalue weighted by Crippen LogP contribution is 2.25. The fourth-order valence-corrected chi connectivity index (χ4v) is 3.12. The number of aryl methyl sites for hydroxylation is 1. The molecule has 1 aromatic heterocycles. The molecule has 3 rings (SSSR count). The van der Waals surface area contributed by atoms with Crippen LogP contribution in [0.1, 0.15) is 38.4 Å². The van der Waals surface area contributed by atoms with Gasteiger partial charge in [-0.15, -0.1) is 0 Å². The Balaban J connectivity index is 1.65. The van der Waals surface area contributed by atoms with Gasteiger partial charge in [0.15, 0.2) is 0 Å². The molecule has 0 radical (unpaired) electrons. The van der Waals surface area contributed by atoms with E-state index in [1.54, 1.807) is 20.8 Å². The Bertz CT molecular complexity index is 879. The number of amides is 1. The third-order valence-corrected chi connectivity index (χ3v) is 4.42. The Morgan fingerprint density at radius 1 is 1.29 bits per heavy atom. The number of carbonyl (C=O) groups excluding carboxylic acids is 1. The molecule has 0 saturated heterocycles. The second-order valence-corrected chi connectivity index (χ2v) is 7.95. The molecule has 1 aliphatic rings. The standard InChI is InChI=1S/C22H26N4O2/c1-22(2,3)28-21(27)25-17(14-23)13-15-6-8-16(9-7-15)18-10-11-19-20(26-18)5-4-12-24-19/h6-11,17,24H,4-5,12-13H2,1-3H3,(H,25,27)/t17-/m0/s1. The van der Waals surface area contributed by atoms with Gasteiger partial charge in [-0.05, 0) is 51.3 Å². The van der Waals surface area contributed by atoms with Gasteiger partial charge in [0, 0.05) is 18.5 Å². The van der Waals surface area contributed by atoms with Crippen LogP contribution in [-0.4, -0.2) is 29.3 Å². The number of aromatic nitrogens is 1. The first-order chi connectivity index (χ1) is 13.3. The fourth-order valence-electron chi connectivity index (χ4n) is 3.12. The van der Waals surface area contributed by atoms with Gasteiger partial charge in [0.2, 0.25) is 0 Å². The Labute approximate surface area is 165 Å². The largest absolute Gasteiger partial charge is 0.444 e. The van der Waals surface area contributed by atoms with Crippen LogP contribution in [0.25, 0.3) is 11.3 Å². The van der Waals surface area contributed by atoms with Crippen molar-refractivity contribution in [2.45, 2.75) is 51.7 Å². The summed E-state index contributed by atoms with van der Waals surface area (Å²) in [5.41, 5.74) is 4.58. The lowest BCUT2D eigenvalue weighted by Crippen LogP contribution is -2.39. The summed E-state index contributed by atoms with van der Waals surface area (Å²) >= 11 is 0. The Morgan fingerprint density at radius 3 is 2.71 bits per heavy atom. The number of benzene rings is 1. The number of ether oxygens (including phenoxy) is 1. The zero-order valence-corrected chi connectivity index (χ0v) is 16.6. The van der Waals surface area contributed by atoms with E-state index < -0.39 is 17.7 Å². The maximum absolute atomic E-state index is 11.9. The van der Waals surface area contributed by atoms with Crippen LogP contribution in [0.2, 0.25) is 0 Å². The van der Waals surface area contributed by atoms with E-state index in [0.29, 0.717) is 6.42 Å². The molecule has 2 N–H and O–H groups in total. The van der Waals surface area contributed by atoms with E-state index in [-0.39, 0.29) is 0 Å². The lowest BCUT2D eigenvalue weighted by Gasteiger charge is -2.21. The number of fused-ring (bicyclic) bond motifs is 1. The molecule has 0 saturated carbocycles. The number of carbonyl (C=O) groups is 1. The van der Waals surface area contributed by atoms with Crippen molar-refractivity contribution >= 4 is 11.8 Å². The Morgan fingerprint density at radius 2 is 2.04 bits per heavy atom. The number of nitrogens with one attached hydrogen (secondary N) is 2. The molecule has 28 heavy (non-hydrogen) atoms. The first kappa shape index (κ1) is 19.7. The second-order valence-electron chi connectivity index (χ2n) is 7.95. The van der Waals surface area contributed by atoms with Crippen molar-refractivity contribution in [1.82, 2.24) is 10.3 Å². The molecule has 2 heterocycles. The monoisotopic (exact) mass is 378 g/mol. The molecule has 1 atom stereocenters. The summed E-state index contributed by atoms with van der Waals surface area (Å²) in [7, 11) is 0. The number of anilines is 1. The van der Waals surface area contributed by atoms with Crippen molar-refractivity contribution in [2.75, 3.05) is 11.9 Å². The zero-order chi connectivity index (χ0) is 20.1. The van der Waals surface area contributed by atoms with Crippen LogP contribution in [0, 0.1) is 11.3 Å². The maximum atomic E-state index is 11.9. The van der Waals surface area contributed by atoms with E-state index in [9.17, 15) is 10.1 Å². The van der Waals surface area contributed by atoms with Gasteiger partial charge >= 0.3 is 6.09 Å². The first-order valence-corrected chi connectivity index (χ1v) is 9.56. The lowest BCUT2D eigenvalue weighted by molar-refractivity contribution is 0.0516. The van der Waals surface area contributed by atoms with Gasteiger partial charge in [0.05, 0.1) is 23.1 Å². The van der Waals surface area contributed by atoms with E-state index in [1.807, 2.05) is 30.3 Å². The smallest absolute Gasteiger partial charge is 0.408 e. The molecule has 0 spiro atoms. The van der Waals surface area contributed by atoms with Crippen molar-refractivity contribution in [3.05, 3.63) is 47.7 Å². The number of pyridine rings is 1. The van der Waals surface area contributed by atoms with Gasteiger partial charge in [-0.2, -0.15) is 5.26 Å². The molecule has 6 heteroatoms. The summed E-state index contributed by atoms with van der Waals surface area (Å²) in [6.45, 7) is 6.37. The Kier molecular flexibility index (Phi) is 5.84. The predicted octanol–water partition coefficient (Wildman–Crippen LogP) is 4.07. The van der Waals surface area contributed by atoms with Crippen molar-refractivity contribution in [1.29, 1.82) is 5.26 Å². The molecule has 146 valence electrons. The average molecular weight is 378 g/mol. The van der Waals surface area contributed by atoms with Crippen molar-refractivity contribution in [2.24, 2.45) is 0 Å². The minimum absolute atomic E-state index is 0.414. The molecule has 2 aromatic rings. The third-order valence-electron chi connectivity index (χ3n) is 4.42. The lowest BCUT2D eigenvalue weighted by atomic mass is 10.0. The summed E-state index contributed by atoms with van der Waals surface area (Å²) in [6.07, 6.45) is 1.93. The van der Waals surface area contributed by atoms with Crippen molar-refractivity contribution in [3.8, 4) is 17.3 Å². The van der Waals surface area contributed by atoms with Crippen LogP contribution >= 0.6 is 0 Å².